The highest BCUT2D eigenvalue weighted by Crippen LogP contribution is 2.32. The van der Waals surface area contributed by atoms with Crippen LogP contribution < -0.4 is 10.6 Å². The Morgan fingerprint density at radius 1 is 0.812 bits per heavy atom. The Hall–Kier alpha value is -0.0800. The minimum atomic E-state index is 0.828. The molecule has 3 fully saturated rings. The van der Waals surface area contributed by atoms with Gasteiger partial charge in [-0.3, -0.25) is 0 Å². The summed E-state index contributed by atoms with van der Waals surface area (Å²) in [6.45, 7) is 1.26. The van der Waals surface area contributed by atoms with Gasteiger partial charge in [0.2, 0.25) is 0 Å². The maximum atomic E-state index is 3.94. The third kappa shape index (κ3) is 2.28. The largest absolute Gasteiger partial charge is 0.314 e. The van der Waals surface area contributed by atoms with Crippen molar-refractivity contribution in [3.05, 3.63) is 0 Å². The molecule has 3 unspecified atom stereocenters. The van der Waals surface area contributed by atoms with Gasteiger partial charge in [0.05, 0.1) is 0 Å². The van der Waals surface area contributed by atoms with Gasteiger partial charge in [-0.25, -0.2) is 0 Å². The van der Waals surface area contributed by atoms with Crippen LogP contribution in [-0.4, -0.2) is 24.7 Å². The van der Waals surface area contributed by atoms with E-state index in [1.54, 1.807) is 0 Å². The van der Waals surface area contributed by atoms with Crippen molar-refractivity contribution in [2.24, 2.45) is 5.92 Å². The summed E-state index contributed by atoms with van der Waals surface area (Å²) >= 11 is 0. The predicted octanol–water partition coefficient (Wildman–Crippen LogP) is 2.44. The highest BCUT2D eigenvalue weighted by Gasteiger charge is 2.34. The molecule has 2 saturated carbocycles. The van der Waals surface area contributed by atoms with Crippen LogP contribution >= 0.6 is 0 Å². The highest BCUT2D eigenvalue weighted by atomic mass is 15.0. The molecule has 2 N–H and O–H groups in total. The first-order chi connectivity index (χ1) is 7.93. The molecule has 1 heterocycles. The topological polar surface area (TPSA) is 24.1 Å². The fourth-order valence-corrected chi connectivity index (χ4v) is 3.80. The van der Waals surface area contributed by atoms with Gasteiger partial charge in [0, 0.05) is 18.1 Å². The third-order valence-corrected chi connectivity index (χ3v) is 4.99. The molecule has 0 amide bonds. The zero-order valence-corrected chi connectivity index (χ0v) is 10.4. The van der Waals surface area contributed by atoms with Gasteiger partial charge in [0.1, 0.15) is 0 Å². The molecule has 1 aliphatic heterocycles. The minimum Gasteiger partial charge on any atom is -0.314 e. The summed E-state index contributed by atoms with van der Waals surface area (Å²) in [5.74, 6) is 0.928. The van der Waals surface area contributed by atoms with Crippen LogP contribution in [0.1, 0.15) is 57.8 Å². The van der Waals surface area contributed by atoms with Crippen LogP contribution in [0.3, 0.4) is 0 Å². The van der Waals surface area contributed by atoms with E-state index in [0.29, 0.717) is 0 Å². The Labute approximate surface area is 99.6 Å². The Balaban J connectivity index is 1.58. The molecule has 0 spiro atoms. The molecule has 3 aliphatic rings. The fraction of sp³-hybridized carbons (Fsp3) is 1.00. The maximum Gasteiger partial charge on any atom is 0.0113 e. The lowest BCUT2D eigenvalue weighted by Gasteiger charge is -2.40. The van der Waals surface area contributed by atoms with E-state index in [0.717, 1.165) is 24.0 Å². The van der Waals surface area contributed by atoms with Crippen LogP contribution in [0.5, 0.6) is 0 Å². The van der Waals surface area contributed by atoms with Crippen molar-refractivity contribution in [2.75, 3.05) is 6.54 Å². The second-order valence-corrected chi connectivity index (χ2v) is 6.05. The summed E-state index contributed by atoms with van der Waals surface area (Å²) < 4.78 is 0. The number of hydrogen-bond donors (Lipinski definition) is 2. The molecule has 1 saturated heterocycles. The van der Waals surface area contributed by atoms with Gasteiger partial charge in [0.15, 0.2) is 0 Å². The molecule has 3 rings (SSSR count). The second-order valence-electron chi connectivity index (χ2n) is 6.05. The third-order valence-electron chi connectivity index (χ3n) is 4.99. The molecule has 0 aromatic heterocycles. The molecule has 0 aromatic carbocycles. The van der Waals surface area contributed by atoms with Crippen LogP contribution in [0.25, 0.3) is 0 Å². The molecule has 0 bridgehead atoms. The molecular formula is C14H26N2. The highest BCUT2D eigenvalue weighted by molar-refractivity contribution is 4.93. The van der Waals surface area contributed by atoms with Gasteiger partial charge < -0.3 is 10.6 Å². The summed E-state index contributed by atoms with van der Waals surface area (Å²) in [6, 6.07) is 2.53. The molecule has 92 valence electrons. The second kappa shape index (κ2) is 5.05. The molecule has 16 heavy (non-hydrogen) atoms. The lowest BCUT2D eigenvalue weighted by Crippen LogP contribution is -2.51. The van der Waals surface area contributed by atoms with E-state index in [4.69, 9.17) is 0 Å². The van der Waals surface area contributed by atoms with Crippen molar-refractivity contribution in [1.82, 2.24) is 10.6 Å². The summed E-state index contributed by atoms with van der Waals surface area (Å²) in [7, 11) is 0. The zero-order valence-electron chi connectivity index (χ0n) is 10.4. The fourth-order valence-electron chi connectivity index (χ4n) is 3.80. The average molecular weight is 222 g/mol. The first-order valence-corrected chi connectivity index (χ1v) is 7.43. The summed E-state index contributed by atoms with van der Waals surface area (Å²) in [6.07, 6.45) is 12.9. The van der Waals surface area contributed by atoms with Crippen LogP contribution in [0.2, 0.25) is 0 Å². The Morgan fingerprint density at radius 3 is 2.38 bits per heavy atom. The predicted molar refractivity (Wildman–Crippen MR) is 67.5 cm³/mol. The van der Waals surface area contributed by atoms with Crippen LogP contribution in [0, 0.1) is 5.92 Å². The average Bonchev–Trinajstić information content (AvgIpc) is 2.77. The zero-order chi connectivity index (χ0) is 10.8. The molecule has 0 radical (unpaired) electrons. The van der Waals surface area contributed by atoms with Gasteiger partial charge in [-0.05, 0) is 51.0 Å². The quantitative estimate of drug-likeness (QED) is 0.766. The van der Waals surface area contributed by atoms with E-state index in [-0.39, 0.29) is 0 Å². The number of rotatable bonds is 3. The maximum absolute atomic E-state index is 3.94. The molecule has 0 aromatic rings. The van der Waals surface area contributed by atoms with E-state index in [1.807, 2.05) is 0 Å². The molecular weight excluding hydrogens is 196 g/mol. The minimum absolute atomic E-state index is 0.828. The Kier molecular flexibility index (Phi) is 3.49. The summed E-state index contributed by atoms with van der Waals surface area (Å²) in [5, 5.41) is 7.67. The van der Waals surface area contributed by atoms with Crippen molar-refractivity contribution < 1.29 is 0 Å². The monoisotopic (exact) mass is 222 g/mol. The van der Waals surface area contributed by atoms with E-state index in [2.05, 4.69) is 10.6 Å². The Morgan fingerprint density at radius 2 is 1.69 bits per heavy atom. The number of hydrogen-bond acceptors (Lipinski definition) is 2. The van der Waals surface area contributed by atoms with Gasteiger partial charge in [0.25, 0.3) is 0 Å². The molecule has 2 nitrogen and oxygen atoms in total. The smallest absolute Gasteiger partial charge is 0.0113 e. The first-order valence-electron chi connectivity index (χ1n) is 7.43. The van der Waals surface area contributed by atoms with Gasteiger partial charge in [-0.15, -0.1) is 0 Å². The van der Waals surface area contributed by atoms with E-state index >= 15 is 0 Å². The standard InChI is InChI=1S/C14H26N2/c1-2-8-14(16-11-5-3-6-11)12(7-1)13-9-4-10-15-13/h11-16H,1-10H2. The van der Waals surface area contributed by atoms with Gasteiger partial charge >= 0.3 is 0 Å². The normalized spacial score (nSPS) is 40.9. The Bertz CT molecular complexity index is 219. The lowest BCUT2D eigenvalue weighted by molar-refractivity contribution is 0.177. The van der Waals surface area contributed by atoms with Crippen LogP contribution in [0.4, 0.5) is 0 Å². The van der Waals surface area contributed by atoms with Crippen LogP contribution in [0.15, 0.2) is 0 Å². The lowest BCUT2D eigenvalue weighted by atomic mass is 9.78. The number of nitrogens with one attached hydrogen (secondary N) is 2. The molecule has 3 atom stereocenters. The van der Waals surface area contributed by atoms with Gasteiger partial charge in [-0.1, -0.05) is 19.3 Å². The summed E-state index contributed by atoms with van der Waals surface area (Å²) in [4.78, 5) is 0. The molecule has 2 aliphatic carbocycles. The van der Waals surface area contributed by atoms with Crippen molar-refractivity contribution in [3.63, 3.8) is 0 Å². The van der Waals surface area contributed by atoms with Gasteiger partial charge in [-0.2, -0.15) is 0 Å². The van der Waals surface area contributed by atoms with E-state index < -0.39 is 0 Å². The van der Waals surface area contributed by atoms with Crippen molar-refractivity contribution in [2.45, 2.75) is 75.9 Å². The van der Waals surface area contributed by atoms with Crippen molar-refractivity contribution in [1.29, 1.82) is 0 Å². The van der Waals surface area contributed by atoms with E-state index in [9.17, 15) is 0 Å². The van der Waals surface area contributed by atoms with Crippen molar-refractivity contribution in [3.8, 4) is 0 Å². The van der Waals surface area contributed by atoms with E-state index in [1.165, 1.54) is 64.3 Å². The summed E-state index contributed by atoms with van der Waals surface area (Å²) in [5.41, 5.74) is 0. The van der Waals surface area contributed by atoms with Crippen molar-refractivity contribution >= 4 is 0 Å². The van der Waals surface area contributed by atoms with Crippen LogP contribution in [-0.2, 0) is 0 Å². The first kappa shape index (κ1) is 11.0. The molecule has 2 heteroatoms. The SMILES string of the molecule is C1CC(NC2CCCCC2C2CCCN2)C1.